The number of non-ortho nitro benzene ring substituents is 1. The van der Waals surface area contributed by atoms with E-state index in [1.807, 2.05) is 0 Å². The summed E-state index contributed by atoms with van der Waals surface area (Å²) in [5.74, 6) is -0.279. The molecule has 0 fully saturated rings. The molecule has 7 heteroatoms. The summed E-state index contributed by atoms with van der Waals surface area (Å²) in [4.78, 5) is 25.1. The molecule has 0 aromatic heterocycles. The Labute approximate surface area is 101 Å². The molecule has 0 unspecified atom stereocenters. The van der Waals surface area contributed by atoms with Gasteiger partial charge < -0.3 is 5.73 Å². The Balaban J connectivity index is 2.12. The molecular formula is C10H9N3O3S. The molecule has 6 nitrogen and oxygen atoms in total. The van der Waals surface area contributed by atoms with Gasteiger partial charge in [-0.25, -0.2) is 0 Å². The number of aliphatic imine (C=N–C) groups is 1. The summed E-state index contributed by atoms with van der Waals surface area (Å²) < 4.78 is 0. The first-order valence-electron chi connectivity index (χ1n) is 4.84. The molecule has 2 N–H and O–H groups in total. The molecule has 17 heavy (non-hydrogen) atoms. The number of carbonyl (C=O) groups excluding carboxylic acids is 1. The van der Waals surface area contributed by atoms with Crippen molar-refractivity contribution in [1.29, 1.82) is 0 Å². The molecule has 1 heterocycles. The van der Waals surface area contributed by atoms with Gasteiger partial charge in [-0.05, 0) is 12.0 Å². The van der Waals surface area contributed by atoms with E-state index in [4.69, 9.17) is 5.73 Å². The minimum Gasteiger partial charge on any atom is -0.378 e. The van der Waals surface area contributed by atoms with Crippen LogP contribution in [-0.4, -0.2) is 21.2 Å². The quantitative estimate of drug-likeness (QED) is 0.640. The van der Waals surface area contributed by atoms with Crippen molar-refractivity contribution in [3.63, 3.8) is 0 Å². The van der Waals surface area contributed by atoms with E-state index in [9.17, 15) is 14.9 Å². The van der Waals surface area contributed by atoms with Crippen molar-refractivity contribution in [2.45, 2.75) is 11.7 Å². The molecular weight excluding hydrogens is 242 g/mol. The molecule has 1 aliphatic rings. The van der Waals surface area contributed by atoms with Crippen molar-refractivity contribution in [2.24, 2.45) is 10.7 Å². The van der Waals surface area contributed by atoms with Gasteiger partial charge in [-0.2, -0.15) is 4.99 Å². The van der Waals surface area contributed by atoms with Crippen LogP contribution in [-0.2, 0) is 11.2 Å². The predicted octanol–water partition coefficient (Wildman–Crippen LogP) is 1.09. The maximum Gasteiger partial charge on any atom is 0.269 e. The Hall–Kier alpha value is -1.89. The average Bonchev–Trinajstić information content (AvgIpc) is 2.58. The summed E-state index contributed by atoms with van der Waals surface area (Å²) >= 11 is 1.19. The van der Waals surface area contributed by atoms with E-state index in [1.54, 1.807) is 12.1 Å². The molecule has 0 aliphatic carbocycles. The van der Waals surface area contributed by atoms with Gasteiger partial charge in [0.2, 0.25) is 0 Å². The van der Waals surface area contributed by atoms with Crippen LogP contribution in [0.2, 0.25) is 0 Å². The van der Waals surface area contributed by atoms with Crippen LogP contribution in [0, 0.1) is 10.1 Å². The number of carbonyl (C=O) groups is 1. The average molecular weight is 251 g/mol. The molecule has 2 rings (SSSR count). The third kappa shape index (κ3) is 2.62. The topological polar surface area (TPSA) is 98.6 Å². The smallest absolute Gasteiger partial charge is 0.269 e. The number of nitro groups is 1. The molecule has 0 saturated heterocycles. The molecule has 1 aliphatic heterocycles. The Morgan fingerprint density at radius 1 is 1.53 bits per heavy atom. The first-order chi connectivity index (χ1) is 8.06. The lowest BCUT2D eigenvalue weighted by molar-refractivity contribution is -0.384. The summed E-state index contributed by atoms with van der Waals surface area (Å²) in [6.07, 6.45) is 0.398. The van der Waals surface area contributed by atoms with Crippen LogP contribution in [0.25, 0.3) is 0 Å². The van der Waals surface area contributed by atoms with Crippen molar-refractivity contribution in [3.05, 3.63) is 39.9 Å². The van der Waals surface area contributed by atoms with Crippen molar-refractivity contribution in [1.82, 2.24) is 0 Å². The van der Waals surface area contributed by atoms with Crippen LogP contribution in [0.5, 0.6) is 0 Å². The van der Waals surface area contributed by atoms with E-state index in [-0.39, 0.29) is 22.0 Å². The molecule has 1 atom stereocenters. The highest BCUT2D eigenvalue weighted by atomic mass is 32.2. The summed E-state index contributed by atoms with van der Waals surface area (Å²) in [7, 11) is 0. The molecule has 0 radical (unpaired) electrons. The number of amidine groups is 1. The minimum absolute atomic E-state index is 0.0202. The van der Waals surface area contributed by atoms with Gasteiger partial charge in [0.05, 0.1) is 10.2 Å². The third-order valence-electron chi connectivity index (χ3n) is 2.30. The monoisotopic (exact) mass is 251 g/mol. The molecule has 1 amide bonds. The van der Waals surface area contributed by atoms with Crippen molar-refractivity contribution >= 4 is 28.5 Å². The Morgan fingerprint density at radius 3 is 2.88 bits per heavy atom. The van der Waals surface area contributed by atoms with E-state index in [1.165, 1.54) is 23.9 Å². The van der Waals surface area contributed by atoms with Crippen LogP contribution in [0.4, 0.5) is 5.69 Å². The van der Waals surface area contributed by atoms with Crippen molar-refractivity contribution in [2.75, 3.05) is 0 Å². The van der Waals surface area contributed by atoms with E-state index >= 15 is 0 Å². The fourth-order valence-corrected chi connectivity index (χ4v) is 2.41. The lowest BCUT2D eigenvalue weighted by atomic mass is 10.1. The van der Waals surface area contributed by atoms with E-state index in [2.05, 4.69) is 4.99 Å². The Morgan fingerprint density at radius 2 is 2.29 bits per heavy atom. The van der Waals surface area contributed by atoms with E-state index < -0.39 is 4.92 Å². The van der Waals surface area contributed by atoms with Gasteiger partial charge in [0, 0.05) is 12.1 Å². The second-order valence-corrected chi connectivity index (χ2v) is 4.75. The second-order valence-electron chi connectivity index (χ2n) is 3.53. The maximum absolute atomic E-state index is 11.4. The van der Waals surface area contributed by atoms with Crippen molar-refractivity contribution in [3.8, 4) is 0 Å². The normalized spacial score (nSPS) is 19.2. The van der Waals surface area contributed by atoms with Gasteiger partial charge in [-0.3, -0.25) is 14.9 Å². The predicted molar refractivity (Wildman–Crippen MR) is 64.8 cm³/mol. The Kier molecular flexibility index (Phi) is 3.10. The second kappa shape index (κ2) is 4.54. The zero-order chi connectivity index (χ0) is 12.4. The lowest BCUT2D eigenvalue weighted by Gasteiger charge is -2.05. The summed E-state index contributed by atoms with van der Waals surface area (Å²) in [6, 6.07) is 6.22. The number of benzene rings is 1. The first-order valence-corrected chi connectivity index (χ1v) is 5.72. The van der Waals surface area contributed by atoms with Crippen molar-refractivity contribution < 1.29 is 9.72 Å². The molecule has 1 aromatic carbocycles. The SMILES string of the molecule is NC1=NC(=O)[C@@H](Cc2cccc([N+](=O)[O-])c2)S1. The Bertz CT molecular complexity index is 515. The number of nitrogens with zero attached hydrogens (tertiary/aromatic N) is 2. The van der Waals surface area contributed by atoms with Gasteiger partial charge in [0.1, 0.15) is 0 Å². The van der Waals surface area contributed by atoms with Gasteiger partial charge in [-0.1, -0.05) is 23.9 Å². The summed E-state index contributed by atoms with van der Waals surface area (Å²) in [6.45, 7) is 0. The van der Waals surface area contributed by atoms with E-state index in [0.29, 0.717) is 6.42 Å². The zero-order valence-electron chi connectivity index (χ0n) is 8.70. The molecule has 1 aromatic rings. The van der Waals surface area contributed by atoms with Gasteiger partial charge in [-0.15, -0.1) is 0 Å². The first kappa shape index (κ1) is 11.6. The fraction of sp³-hybridized carbons (Fsp3) is 0.200. The third-order valence-corrected chi connectivity index (χ3v) is 3.29. The molecule has 0 saturated carbocycles. The highest BCUT2D eigenvalue weighted by Gasteiger charge is 2.27. The number of amides is 1. The van der Waals surface area contributed by atoms with Gasteiger partial charge in [0.15, 0.2) is 5.17 Å². The summed E-state index contributed by atoms with van der Waals surface area (Å²) in [5.41, 5.74) is 6.18. The number of hydrogen-bond acceptors (Lipinski definition) is 5. The standard InChI is InChI=1S/C10H9N3O3S/c11-10-12-9(14)8(17-10)5-6-2-1-3-7(4-6)13(15)16/h1-4,8H,5H2,(H2,11,12,14)/t8-/m1/s1. The largest absolute Gasteiger partial charge is 0.378 e. The minimum atomic E-state index is -0.460. The fourth-order valence-electron chi connectivity index (χ4n) is 1.54. The van der Waals surface area contributed by atoms with Crippen LogP contribution >= 0.6 is 11.8 Å². The molecule has 0 bridgehead atoms. The molecule has 0 spiro atoms. The number of rotatable bonds is 3. The number of thioether (sulfide) groups is 1. The summed E-state index contributed by atoms with van der Waals surface area (Å²) in [5, 5.41) is 10.5. The highest BCUT2D eigenvalue weighted by molar-refractivity contribution is 8.15. The van der Waals surface area contributed by atoms with Crippen LogP contribution in [0.15, 0.2) is 29.3 Å². The maximum atomic E-state index is 11.4. The number of nitrogens with two attached hydrogens (primary N) is 1. The number of hydrogen-bond donors (Lipinski definition) is 1. The zero-order valence-corrected chi connectivity index (χ0v) is 9.52. The van der Waals surface area contributed by atoms with Gasteiger partial charge in [0.25, 0.3) is 11.6 Å². The van der Waals surface area contributed by atoms with E-state index in [0.717, 1.165) is 5.56 Å². The van der Waals surface area contributed by atoms with Crippen LogP contribution in [0.3, 0.4) is 0 Å². The number of nitro benzene ring substituents is 1. The van der Waals surface area contributed by atoms with Crippen LogP contribution < -0.4 is 5.73 Å². The van der Waals surface area contributed by atoms with Gasteiger partial charge >= 0.3 is 0 Å². The highest BCUT2D eigenvalue weighted by Crippen LogP contribution is 2.24. The molecule has 88 valence electrons. The van der Waals surface area contributed by atoms with Crippen LogP contribution in [0.1, 0.15) is 5.56 Å². The lowest BCUT2D eigenvalue weighted by Crippen LogP contribution is -2.14.